The summed E-state index contributed by atoms with van der Waals surface area (Å²) < 4.78 is 0. The van der Waals surface area contributed by atoms with Crippen LogP contribution >= 0.6 is 35.3 Å². The number of amides is 1. The predicted octanol–water partition coefficient (Wildman–Crippen LogP) is 3.07. The van der Waals surface area contributed by atoms with Gasteiger partial charge in [-0.15, -0.1) is 35.3 Å². The number of thiophene rings is 1. The molecule has 1 unspecified atom stereocenters. The second-order valence-corrected chi connectivity index (χ2v) is 8.24. The third-order valence-corrected chi connectivity index (χ3v) is 6.26. The number of nitrogens with one attached hydrogen (secondary N) is 2. The molecule has 0 aliphatic carbocycles. The van der Waals surface area contributed by atoms with Gasteiger partial charge < -0.3 is 15.5 Å². The molecule has 1 aromatic heterocycles. The first kappa shape index (κ1) is 23.4. The second kappa shape index (κ2) is 12.6. The highest BCUT2D eigenvalue weighted by atomic mass is 127. The van der Waals surface area contributed by atoms with Gasteiger partial charge in [-0.1, -0.05) is 6.07 Å². The summed E-state index contributed by atoms with van der Waals surface area (Å²) >= 11 is 1.83. The molecule has 0 bridgehead atoms. The quantitative estimate of drug-likeness (QED) is 0.228. The second-order valence-electron chi connectivity index (χ2n) is 7.26. The SMILES string of the molecule is CCNC(=NCC(c1cccs1)N1CCCC1)NCCCN1CCCC1=O.I. The summed E-state index contributed by atoms with van der Waals surface area (Å²) in [5.74, 6) is 1.19. The fourth-order valence-electron chi connectivity index (χ4n) is 3.86. The van der Waals surface area contributed by atoms with Crippen LogP contribution in [0.2, 0.25) is 0 Å². The molecule has 1 aromatic rings. The highest BCUT2D eigenvalue weighted by Crippen LogP contribution is 2.28. The highest BCUT2D eigenvalue weighted by Gasteiger charge is 2.24. The summed E-state index contributed by atoms with van der Waals surface area (Å²) in [4.78, 5) is 22.5. The molecule has 3 rings (SSSR count). The summed E-state index contributed by atoms with van der Waals surface area (Å²) in [6, 6.07) is 4.75. The minimum absolute atomic E-state index is 0. The minimum atomic E-state index is 0. The Balaban J connectivity index is 0.00000280. The average Bonchev–Trinajstić information content (AvgIpc) is 3.43. The molecule has 158 valence electrons. The van der Waals surface area contributed by atoms with Crippen molar-refractivity contribution in [1.82, 2.24) is 20.4 Å². The molecule has 2 N–H and O–H groups in total. The lowest BCUT2D eigenvalue weighted by Gasteiger charge is -2.25. The predicted molar refractivity (Wildman–Crippen MR) is 128 cm³/mol. The summed E-state index contributed by atoms with van der Waals surface area (Å²) in [5.41, 5.74) is 0. The van der Waals surface area contributed by atoms with Gasteiger partial charge >= 0.3 is 0 Å². The maximum Gasteiger partial charge on any atom is 0.222 e. The molecule has 0 aromatic carbocycles. The van der Waals surface area contributed by atoms with Crippen LogP contribution in [0.25, 0.3) is 0 Å². The zero-order chi connectivity index (χ0) is 18.9. The van der Waals surface area contributed by atoms with Crippen LogP contribution < -0.4 is 10.6 Å². The Bertz CT molecular complexity index is 604. The van der Waals surface area contributed by atoms with E-state index in [1.807, 2.05) is 16.2 Å². The van der Waals surface area contributed by atoms with E-state index < -0.39 is 0 Å². The third kappa shape index (κ3) is 6.88. The molecule has 1 amide bonds. The van der Waals surface area contributed by atoms with Crippen LogP contribution in [0, 0.1) is 0 Å². The molecule has 3 heterocycles. The van der Waals surface area contributed by atoms with E-state index in [1.165, 1.54) is 30.8 Å². The van der Waals surface area contributed by atoms with Crippen molar-refractivity contribution >= 4 is 47.2 Å². The van der Waals surface area contributed by atoms with E-state index in [0.717, 1.165) is 57.9 Å². The van der Waals surface area contributed by atoms with Crippen molar-refractivity contribution in [2.45, 2.75) is 45.1 Å². The molecular weight excluding hydrogens is 485 g/mol. The topological polar surface area (TPSA) is 60.0 Å². The van der Waals surface area contributed by atoms with Crippen LogP contribution in [0.15, 0.2) is 22.5 Å². The average molecular weight is 519 g/mol. The first-order valence-corrected chi connectivity index (χ1v) is 11.2. The molecule has 1 atom stereocenters. The molecule has 28 heavy (non-hydrogen) atoms. The fraction of sp³-hybridized carbons (Fsp3) is 0.700. The van der Waals surface area contributed by atoms with E-state index in [1.54, 1.807) is 0 Å². The van der Waals surface area contributed by atoms with Gasteiger partial charge in [0.25, 0.3) is 0 Å². The largest absolute Gasteiger partial charge is 0.357 e. The van der Waals surface area contributed by atoms with E-state index in [-0.39, 0.29) is 24.0 Å². The van der Waals surface area contributed by atoms with Crippen LogP contribution in [0.1, 0.15) is 49.9 Å². The monoisotopic (exact) mass is 519 g/mol. The maximum atomic E-state index is 11.7. The van der Waals surface area contributed by atoms with E-state index in [4.69, 9.17) is 4.99 Å². The number of likely N-dealkylation sites (tertiary alicyclic amines) is 2. The molecule has 2 saturated heterocycles. The van der Waals surface area contributed by atoms with Crippen molar-refractivity contribution in [1.29, 1.82) is 0 Å². The van der Waals surface area contributed by atoms with Crippen molar-refractivity contribution in [2.75, 3.05) is 45.8 Å². The Hall–Kier alpha value is -0.870. The molecule has 8 heteroatoms. The van der Waals surface area contributed by atoms with Gasteiger partial charge in [0.2, 0.25) is 5.91 Å². The normalized spacial score (nSPS) is 19.0. The van der Waals surface area contributed by atoms with Crippen molar-refractivity contribution in [3.05, 3.63) is 22.4 Å². The Morgan fingerprint density at radius 2 is 2.07 bits per heavy atom. The van der Waals surface area contributed by atoms with Crippen molar-refractivity contribution in [3.63, 3.8) is 0 Å². The number of rotatable bonds is 9. The van der Waals surface area contributed by atoms with Gasteiger partial charge in [0.15, 0.2) is 5.96 Å². The number of hydrogen-bond acceptors (Lipinski definition) is 4. The van der Waals surface area contributed by atoms with E-state index >= 15 is 0 Å². The lowest BCUT2D eigenvalue weighted by molar-refractivity contribution is -0.127. The molecule has 2 aliphatic rings. The molecule has 6 nitrogen and oxygen atoms in total. The Morgan fingerprint density at radius 1 is 1.25 bits per heavy atom. The zero-order valence-electron chi connectivity index (χ0n) is 16.9. The van der Waals surface area contributed by atoms with Gasteiger partial charge in [-0.2, -0.15) is 0 Å². The Kier molecular flexibility index (Phi) is 10.6. The van der Waals surface area contributed by atoms with Gasteiger partial charge in [0.1, 0.15) is 0 Å². The lowest BCUT2D eigenvalue weighted by Crippen LogP contribution is -2.39. The number of hydrogen-bond donors (Lipinski definition) is 2. The van der Waals surface area contributed by atoms with Gasteiger partial charge in [0.05, 0.1) is 12.6 Å². The number of aliphatic imine (C=N–C) groups is 1. The Labute approximate surface area is 190 Å². The maximum absolute atomic E-state index is 11.7. The van der Waals surface area contributed by atoms with Crippen LogP contribution in [0.4, 0.5) is 0 Å². The van der Waals surface area contributed by atoms with Crippen molar-refractivity contribution in [2.24, 2.45) is 4.99 Å². The van der Waals surface area contributed by atoms with Crippen LogP contribution in [-0.4, -0.2) is 67.5 Å². The highest BCUT2D eigenvalue weighted by molar-refractivity contribution is 14.0. The lowest BCUT2D eigenvalue weighted by atomic mass is 10.2. The number of guanidine groups is 1. The smallest absolute Gasteiger partial charge is 0.222 e. The summed E-state index contributed by atoms with van der Waals surface area (Å²) in [6.45, 7) is 8.67. The number of carbonyl (C=O) groups excluding carboxylic acids is 1. The van der Waals surface area contributed by atoms with Gasteiger partial charge in [-0.25, -0.2) is 0 Å². The van der Waals surface area contributed by atoms with E-state index in [2.05, 4.69) is 40.0 Å². The van der Waals surface area contributed by atoms with E-state index in [0.29, 0.717) is 11.9 Å². The molecule has 2 fully saturated rings. The van der Waals surface area contributed by atoms with Gasteiger partial charge in [-0.05, 0) is 57.1 Å². The molecule has 0 spiro atoms. The standard InChI is InChI=1S/C20H33N5OS.HI/c1-2-21-20(22-10-7-14-25-13-5-9-19(25)26)23-16-17(18-8-6-15-27-18)24-11-3-4-12-24;/h6,8,15,17H,2-5,7,9-14,16H2,1H3,(H2,21,22,23);1H. The van der Waals surface area contributed by atoms with Gasteiger partial charge in [0, 0.05) is 37.5 Å². The zero-order valence-corrected chi connectivity index (χ0v) is 20.0. The minimum Gasteiger partial charge on any atom is -0.357 e. The molecular formula is C20H34IN5OS. The molecule has 0 radical (unpaired) electrons. The molecule has 0 saturated carbocycles. The first-order chi connectivity index (χ1) is 13.3. The summed E-state index contributed by atoms with van der Waals surface area (Å²) in [5, 5.41) is 8.95. The van der Waals surface area contributed by atoms with Crippen LogP contribution in [0.5, 0.6) is 0 Å². The van der Waals surface area contributed by atoms with Crippen molar-refractivity contribution in [3.8, 4) is 0 Å². The third-order valence-electron chi connectivity index (χ3n) is 5.29. The van der Waals surface area contributed by atoms with Crippen LogP contribution in [0.3, 0.4) is 0 Å². The summed E-state index contributed by atoms with van der Waals surface area (Å²) in [6.07, 6.45) is 5.27. The van der Waals surface area contributed by atoms with E-state index in [9.17, 15) is 4.79 Å². The fourth-order valence-corrected chi connectivity index (χ4v) is 4.71. The van der Waals surface area contributed by atoms with Crippen molar-refractivity contribution < 1.29 is 4.79 Å². The van der Waals surface area contributed by atoms with Gasteiger partial charge in [-0.3, -0.25) is 14.7 Å². The summed E-state index contributed by atoms with van der Waals surface area (Å²) in [7, 11) is 0. The first-order valence-electron chi connectivity index (χ1n) is 10.4. The number of halogens is 1. The number of carbonyl (C=O) groups is 1. The number of nitrogens with zero attached hydrogens (tertiary/aromatic N) is 3. The Morgan fingerprint density at radius 3 is 2.71 bits per heavy atom. The molecule has 2 aliphatic heterocycles. The van der Waals surface area contributed by atoms with Crippen LogP contribution in [-0.2, 0) is 4.79 Å².